The van der Waals surface area contributed by atoms with E-state index in [-0.39, 0.29) is 5.57 Å². The van der Waals surface area contributed by atoms with E-state index in [2.05, 4.69) is 6.58 Å². The highest BCUT2D eigenvalue weighted by Gasteiger charge is 2.87. The minimum Gasteiger partial charge on any atom is -0.458 e. The molecule has 8 heteroatoms. The Morgan fingerprint density at radius 3 is 2.30 bits per heavy atom. The average Bonchev–Trinajstić information content (AvgIpc) is 2.91. The van der Waals surface area contributed by atoms with E-state index in [1.165, 1.54) is 19.9 Å². The third kappa shape index (κ3) is 1.94. The number of esters is 3. The van der Waals surface area contributed by atoms with Crippen molar-refractivity contribution in [1.29, 1.82) is 0 Å². The van der Waals surface area contributed by atoms with E-state index in [0.29, 0.717) is 24.0 Å². The largest absolute Gasteiger partial charge is 0.458 e. The van der Waals surface area contributed by atoms with Crippen molar-refractivity contribution in [2.45, 2.75) is 83.4 Å². The van der Waals surface area contributed by atoms with Gasteiger partial charge in [0.05, 0.1) is 0 Å². The summed E-state index contributed by atoms with van der Waals surface area (Å²) in [7, 11) is 0. The molecule has 3 aliphatic heterocycles. The van der Waals surface area contributed by atoms with Crippen LogP contribution in [-0.4, -0.2) is 57.1 Å². The Hall–Kier alpha value is -2.45. The lowest BCUT2D eigenvalue weighted by Gasteiger charge is -2.67. The van der Waals surface area contributed by atoms with E-state index in [1.807, 2.05) is 20.8 Å². The van der Waals surface area contributed by atoms with Gasteiger partial charge in [-0.2, -0.15) is 0 Å². The first kappa shape index (κ1) is 22.3. The molecule has 5 aliphatic rings. The molecular weight excluding hydrogens is 428 g/mol. The Morgan fingerprint density at radius 1 is 1.06 bits per heavy atom. The Balaban J connectivity index is 1.89. The number of carbonyl (C=O) groups is 3. The summed E-state index contributed by atoms with van der Waals surface area (Å²) in [6.07, 6.45) is 1.46. The van der Waals surface area contributed by atoms with Crippen molar-refractivity contribution in [3.8, 4) is 0 Å². The van der Waals surface area contributed by atoms with Crippen LogP contribution in [0.25, 0.3) is 0 Å². The predicted molar refractivity (Wildman–Crippen MR) is 114 cm³/mol. The molecule has 2 saturated heterocycles. The van der Waals surface area contributed by atoms with Crippen LogP contribution in [0.3, 0.4) is 0 Å². The van der Waals surface area contributed by atoms with Crippen LogP contribution in [0.2, 0.25) is 0 Å². The van der Waals surface area contributed by atoms with Crippen molar-refractivity contribution >= 4 is 17.9 Å². The van der Waals surface area contributed by atoms with Gasteiger partial charge in [-0.15, -0.1) is 0 Å². The van der Waals surface area contributed by atoms with Gasteiger partial charge in [-0.05, 0) is 58.6 Å². The molecule has 5 rings (SSSR count). The maximum atomic E-state index is 13.6. The molecule has 0 amide bonds. The van der Waals surface area contributed by atoms with Gasteiger partial charge < -0.3 is 24.4 Å². The number of aliphatic hydroxyl groups excluding tert-OH is 1. The molecule has 0 aromatic rings. The molecule has 33 heavy (non-hydrogen) atoms. The Labute approximate surface area is 192 Å². The lowest BCUT2D eigenvalue weighted by molar-refractivity contribution is -0.241. The number of hydrogen-bond donors (Lipinski definition) is 2. The van der Waals surface area contributed by atoms with Gasteiger partial charge in [0, 0.05) is 16.9 Å². The van der Waals surface area contributed by atoms with E-state index < -0.39 is 63.2 Å². The quantitative estimate of drug-likeness (QED) is 0.321. The van der Waals surface area contributed by atoms with Crippen LogP contribution in [-0.2, 0) is 28.6 Å². The fourth-order valence-electron chi connectivity index (χ4n) is 7.71. The summed E-state index contributed by atoms with van der Waals surface area (Å²) >= 11 is 0. The molecule has 178 valence electrons. The van der Waals surface area contributed by atoms with E-state index in [1.54, 1.807) is 13.0 Å². The first-order valence-corrected chi connectivity index (χ1v) is 11.3. The van der Waals surface area contributed by atoms with Crippen LogP contribution in [0.5, 0.6) is 0 Å². The summed E-state index contributed by atoms with van der Waals surface area (Å²) in [6.45, 7) is 14.4. The fraction of sp³-hybridized carbons (Fsp3) is 0.640. The number of ether oxygens (including phenoxy) is 3. The summed E-state index contributed by atoms with van der Waals surface area (Å²) in [5.74, 6) is -2.20. The number of fused-ring (bicyclic) bond motifs is 2. The zero-order chi connectivity index (χ0) is 24.6. The van der Waals surface area contributed by atoms with E-state index in [9.17, 15) is 24.6 Å². The number of aliphatic hydroxyl groups is 2. The Bertz CT molecular complexity index is 1120. The molecule has 0 radical (unpaired) electrons. The highest BCUT2D eigenvalue weighted by molar-refractivity contribution is 6.01. The van der Waals surface area contributed by atoms with Gasteiger partial charge in [0.25, 0.3) is 0 Å². The van der Waals surface area contributed by atoms with Gasteiger partial charge >= 0.3 is 17.9 Å². The number of carbonyl (C=O) groups excluding carboxylic acids is 3. The second-order valence-corrected chi connectivity index (χ2v) is 11.0. The van der Waals surface area contributed by atoms with Crippen LogP contribution in [0, 0.1) is 16.2 Å². The number of rotatable bonds is 0. The second-order valence-electron chi connectivity index (χ2n) is 11.0. The van der Waals surface area contributed by atoms with Crippen molar-refractivity contribution < 1.29 is 38.8 Å². The first-order valence-electron chi connectivity index (χ1n) is 11.3. The zero-order valence-electron chi connectivity index (χ0n) is 19.8. The van der Waals surface area contributed by atoms with Crippen molar-refractivity contribution in [3.63, 3.8) is 0 Å². The summed E-state index contributed by atoms with van der Waals surface area (Å²) in [6, 6.07) is 0. The third-order valence-electron chi connectivity index (χ3n) is 9.66. The minimum absolute atomic E-state index is 0.138. The minimum atomic E-state index is -2.30. The molecule has 3 fully saturated rings. The van der Waals surface area contributed by atoms with Crippen LogP contribution < -0.4 is 0 Å². The van der Waals surface area contributed by atoms with Crippen LogP contribution >= 0.6 is 0 Å². The number of hydrogen-bond acceptors (Lipinski definition) is 8. The standard InChI is InChI=1S/C25H30O8/c1-12-16-17(27)22(7)13(2)24(18(28)31-14(3)25(24,30)19(29)33-22)21(16,6)10-11-23(12)9-8-15(26)32-20(23,4)5/h8-9,14,17,27,30H,2,10-11H2,1,3-7H3/t14-,17+,21+,22+,23+,24+,25-/m1/s1. The lowest BCUT2D eigenvalue weighted by atomic mass is 9.38. The number of cyclic esters (lactones) is 2. The molecule has 1 saturated carbocycles. The summed E-state index contributed by atoms with van der Waals surface area (Å²) in [5.41, 5.74) is -7.34. The Morgan fingerprint density at radius 2 is 1.70 bits per heavy atom. The van der Waals surface area contributed by atoms with Gasteiger partial charge in [0.2, 0.25) is 5.60 Å². The molecule has 7 atom stereocenters. The highest BCUT2D eigenvalue weighted by Crippen LogP contribution is 2.74. The molecule has 0 aromatic carbocycles. The maximum absolute atomic E-state index is 13.6. The van der Waals surface area contributed by atoms with Gasteiger partial charge in [-0.1, -0.05) is 25.2 Å². The summed E-state index contributed by atoms with van der Waals surface area (Å²) < 4.78 is 16.9. The summed E-state index contributed by atoms with van der Waals surface area (Å²) in [5, 5.41) is 23.6. The molecular formula is C25H30O8. The van der Waals surface area contributed by atoms with E-state index in [4.69, 9.17) is 14.2 Å². The topological polar surface area (TPSA) is 119 Å². The molecule has 2 aliphatic carbocycles. The maximum Gasteiger partial charge on any atom is 0.344 e. The van der Waals surface area contributed by atoms with Gasteiger partial charge in [-0.3, -0.25) is 4.79 Å². The zero-order valence-corrected chi connectivity index (χ0v) is 19.8. The fourth-order valence-corrected chi connectivity index (χ4v) is 7.71. The van der Waals surface area contributed by atoms with E-state index in [0.717, 1.165) is 0 Å². The first-order chi connectivity index (χ1) is 15.1. The molecule has 2 bridgehead atoms. The molecule has 2 N–H and O–H groups in total. The lowest BCUT2D eigenvalue weighted by Crippen LogP contribution is -2.78. The summed E-state index contributed by atoms with van der Waals surface area (Å²) in [4.78, 5) is 38.9. The third-order valence-corrected chi connectivity index (χ3v) is 9.66. The van der Waals surface area contributed by atoms with Crippen molar-refractivity contribution in [2.24, 2.45) is 16.2 Å². The van der Waals surface area contributed by atoms with Gasteiger partial charge in [0.1, 0.15) is 23.2 Å². The SMILES string of the molecule is C=C1[C@@]23C(=O)O[C@H](C)[C@@]2(O)C(=O)O[C@]1(C)[C@@H](O)C1=C(C)[C@]2(C=CC(=O)OC2(C)C)CC[C@@]13C. The van der Waals surface area contributed by atoms with E-state index >= 15 is 0 Å². The molecule has 0 aromatic heterocycles. The molecule has 2 spiro atoms. The van der Waals surface area contributed by atoms with Gasteiger partial charge in [0.15, 0.2) is 5.60 Å². The smallest absolute Gasteiger partial charge is 0.344 e. The van der Waals surface area contributed by atoms with Crippen molar-refractivity contribution in [2.75, 3.05) is 0 Å². The molecule has 3 heterocycles. The molecule has 8 nitrogen and oxygen atoms in total. The predicted octanol–water partition coefficient (Wildman–Crippen LogP) is 1.89. The van der Waals surface area contributed by atoms with Crippen LogP contribution in [0.4, 0.5) is 0 Å². The highest BCUT2D eigenvalue weighted by atomic mass is 16.6. The van der Waals surface area contributed by atoms with Gasteiger partial charge in [-0.25, -0.2) is 9.59 Å². The van der Waals surface area contributed by atoms with Crippen LogP contribution in [0.1, 0.15) is 54.4 Å². The Kier molecular flexibility index (Phi) is 3.91. The van der Waals surface area contributed by atoms with Crippen LogP contribution in [0.15, 0.2) is 35.5 Å². The normalized spacial score (nSPS) is 49.9. The molecule has 0 unspecified atom stereocenters. The van der Waals surface area contributed by atoms with Crippen molar-refractivity contribution in [1.82, 2.24) is 0 Å². The second kappa shape index (κ2) is 5.78. The average molecular weight is 459 g/mol. The van der Waals surface area contributed by atoms with Crippen molar-refractivity contribution in [3.05, 3.63) is 35.5 Å². The monoisotopic (exact) mass is 458 g/mol.